The second-order valence-corrected chi connectivity index (χ2v) is 2.51. The van der Waals surface area contributed by atoms with Gasteiger partial charge in [0.1, 0.15) is 0 Å². The molecule has 0 spiro atoms. The SMILES string of the molecule is C=C/C(=C/C(C)=C\C)C(=C)C=N. The molecule has 0 aromatic rings. The maximum atomic E-state index is 7.01. The van der Waals surface area contributed by atoms with E-state index in [1.807, 2.05) is 26.0 Å². The van der Waals surface area contributed by atoms with Crippen LogP contribution in [-0.4, -0.2) is 6.21 Å². The van der Waals surface area contributed by atoms with Crippen molar-refractivity contribution in [3.8, 4) is 0 Å². The smallest absolute Gasteiger partial charge is 0.0250 e. The molecule has 0 fully saturated rings. The van der Waals surface area contributed by atoms with Crippen molar-refractivity contribution in [2.75, 3.05) is 0 Å². The highest BCUT2D eigenvalue weighted by molar-refractivity contribution is 5.82. The van der Waals surface area contributed by atoms with Crippen molar-refractivity contribution >= 4 is 6.21 Å². The van der Waals surface area contributed by atoms with Gasteiger partial charge in [0.15, 0.2) is 0 Å². The molecule has 0 aromatic carbocycles. The van der Waals surface area contributed by atoms with Gasteiger partial charge in [-0.1, -0.05) is 37.0 Å². The molecule has 1 N–H and O–H groups in total. The molecule has 0 saturated carbocycles. The summed E-state index contributed by atoms with van der Waals surface area (Å²) in [5, 5.41) is 7.01. The number of hydrogen-bond donors (Lipinski definition) is 1. The van der Waals surface area contributed by atoms with Crippen LogP contribution in [0, 0.1) is 5.41 Å². The zero-order chi connectivity index (χ0) is 9.56. The number of rotatable bonds is 4. The van der Waals surface area contributed by atoms with E-state index in [0.29, 0.717) is 5.57 Å². The predicted octanol–water partition coefficient (Wildman–Crippen LogP) is 3.27. The number of nitrogens with one attached hydrogen (secondary N) is 1. The van der Waals surface area contributed by atoms with Crippen LogP contribution < -0.4 is 0 Å². The van der Waals surface area contributed by atoms with E-state index in [0.717, 1.165) is 11.1 Å². The summed E-state index contributed by atoms with van der Waals surface area (Å²) in [6.45, 7) is 11.4. The molecule has 0 amide bonds. The van der Waals surface area contributed by atoms with Gasteiger partial charge in [-0.2, -0.15) is 0 Å². The minimum absolute atomic E-state index is 0.686. The lowest BCUT2D eigenvalue weighted by Crippen LogP contribution is -1.85. The topological polar surface area (TPSA) is 23.9 Å². The Hall–Kier alpha value is -1.37. The maximum Gasteiger partial charge on any atom is 0.0250 e. The molecule has 0 aromatic heterocycles. The summed E-state index contributed by atoms with van der Waals surface area (Å²) >= 11 is 0. The molecule has 0 aliphatic rings. The minimum atomic E-state index is 0.686. The first-order valence-corrected chi connectivity index (χ1v) is 3.82. The van der Waals surface area contributed by atoms with Crippen LogP contribution >= 0.6 is 0 Å². The predicted molar refractivity (Wildman–Crippen MR) is 55.6 cm³/mol. The van der Waals surface area contributed by atoms with Crippen molar-refractivity contribution in [3.63, 3.8) is 0 Å². The van der Waals surface area contributed by atoms with Crippen LogP contribution in [0.1, 0.15) is 13.8 Å². The lowest BCUT2D eigenvalue weighted by molar-refractivity contribution is 1.44. The Morgan fingerprint density at radius 1 is 1.42 bits per heavy atom. The van der Waals surface area contributed by atoms with E-state index in [2.05, 4.69) is 13.2 Å². The van der Waals surface area contributed by atoms with E-state index >= 15 is 0 Å². The van der Waals surface area contributed by atoms with Gasteiger partial charge in [-0.25, -0.2) is 0 Å². The Labute approximate surface area is 74.3 Å². The zero-order valence-electron chi connectivity index (χ0n) is 7.72. The van der Waals surface area contributed by atoms with Crippen LogP contribution in [0.5, 0.6) is 0 Å². The number of hydrogen-bond acceptors (Lipinski definition) is 1. The molecule has 1 heteroatoms. The van der Waals surface area contributed by atoms with Gasteiger partial charge in [-0.05, 0) is 25.0 Å². The van der Waals surface area contributed by atoms with E-state index < -0.39 is 0 Å². The molecule has 0 rings (SSSR count). The summed E-state index contributed by atoms with van der Waals surface area (Å²) in [5.41, 5.74) is 2.74. The number of allylic oxidation sites excluding steroid dienone is 6. The standard InChI is InChI=1S/C11H15N/c1-5-9(3)7-11(6-2)10(4)8-12/h5-8,12H,2,4H2,1,3H3/b9-5-,11-7-,12-8?. The van der Waals surface area contributed by atoms with Gasteiger partial charge in [-0.3, -0.25) is 0 Å². The third-order valence-corrected chi connectivity index (χ3v) is 1.60. The lowest BCUT2D eigenvalue weighted by Gasteiger charge is -1.99. The molecule has 0 radical (unpaired) electrons. The third kappa shape index (κ3) is 3.15. The van der Waals surface area contributed by atoms with Gasteiger partial charge >= 0.3 is 0 Å². The molecule has 0 heterocycles. The van der Waals surface area contributed by atoms with Gasteiger partial charge < -0.3 is 5.41 Å². The molecule has 0 aliphatic heterocycles. The molecule has 0 bridgehead atoms. The molecule has 0 atom stereocenters. The highest BCUT2D eigenvalue weighted by Crippen LogP contribution is 2.09. The lowest BCUT2D eigenvalue weighted by atomic mass is 10.1. The summed E-state index contributed by atoms with van der Waals surface area (Å²) in [6, 6.07) is 0. The fraction of sp³-hybridized carbons (Fsp3) is 0.182. The fourth-order valence-electron chi connectivity index (χ4n) is 0.695. The highest BCUT2D eigenvalue weighted by atomic mass is 14.3. The van der Waals surface area contributed by atoms with Crippen molar-refractivity contribution < 1.29 is 0 Å². The fourth-order valence-corrected chi connectivity index (χ4v) is 0.695. The summed E-state index contributed by atoms with van der Waals surface area (Å²) in [7, 11) is 0. The normalized spacial score (nSPS) is 12.5. The average Bonchev–Trinajstić information content (AvgIpc) is 2.12. The molecule has 0 unspecified atom stereocenters. The Bertz CT molecular complexity index is 254. The molecular weight excluding hydrogens is 146 g/mol. The molecule has 1 nitrogen and oxygen atoms in total. The van der Waals surface area contributed by atoms with Crippen LogP contribution in [0.4, 0.5) is 0 Å². The van der Waals surface area contributed by atoms with E-state index in [1.165, 1.54) is 6.21 Å². The van der Waals surface area contributed by atoms with Crippen molar-refractivity contribution in [1.82, 2.24) is 0 Å². The summed E-state index contributed by atoms with van der Waals surface area (Å²) in [6.07, 6.45) is 6.90. The van der Waals surface area contributed by atoms with Crippen molar-refractivity contribution in [3.05, 3.63) is 48.1 Å². The van der Waals surface area contributed by atoms with E-state index in [1.54, 1.807) is 6.08 Å². The van der Waals surface area contributed by atoms with Gasteiger partial charge in [0, 0.05) is 6.21 Å². The zero-order valence-corrected chi connectivity index (χ0v) is 7.72. The van der Waals surface area contributed by atoms with E-state index in [4.69, 9.17) is 5.41 Å². The maximum absolute atomic E-state index is 7.01. The first kappa shape index (κ1) is 10.6. The molecule has 0 aliphatic carbocycles. The van der Waals surface area contributed by atoms with Crippen LogP contribution in [0.3, 0.4) is 0 Å². The third-order valence-electron chi connectivity index (χ3n) is 1.60. The van der Waals surface area contributed by atoms with Gasteiger partial charge in [0.2, 0.25) is 0 Å². The second kappa shape index (κ2) is 5.30. The Morgan fingerprint density at radius 2 is 2.00 bits per heavy atom. The second-order valence-electron chi connectivity index (χ2n) is 2.51. The van der Waals surface area contributed by atoms with Gasteiger partial charge in [0.25, 0.3) is 0 Å². The Balaban J connectivity index is 4.77. The molecule has 64 valence electrons. The van der Waals surface area contributed by atoms with E-state index in [-0.39, 0.29) is 0 Å². The van der Waals surface area contributed by atoms with Crippen LogP contribution in [0.25, 0.3) is 0 Å². The Morgan fingerprint density at radius 3 is 2.33 bits per heavy atom. The summed E-state index contributed by atoms with van der Waals surface area (Å²) in [5.74, 6) is 0. The van der Waals surface area contributed by atoms with Crippen LogP contribution in [0.2, 0.25) is 0 Å². The summed E-state index contributed by atoms with van der Waals surface area (Å²) in [4.78, 5) is 0. The largest absolute Gasteiger partial charge is 0.308 e. The first-order valence-electron chi connectivity index (χ1n) is 3.82. The highest BCUT2D eigenvalue weighted by Gasteiger charge is 1.93. The monoisotopic (exact) mass is 161 g/mol. The molecule has 0 saturated heterocycles. The van der Waals surface area contributed by atoms with Crippen molar-refractivity contribution in [1.29, 1.82) is 5.41 Å². The van der Waals surface area contributed by atoms with Gasteiger partial charge in [-0.15, -0.1) is 0 Å². The van der Waals surface area contributed by atoms with Crippen LogP contribution in [-0.2, 0) is 0 Å². The van der Waals surface area contributed by atoms with Crippen LogP contribution in [0.15, 0.2) is 48.1 Å². The molecule has 12 heavy (non-hydrogen) atoms. The first-order chi connectivity index (χ1) is 5.65. The van der Waals surface area contributed by atoms with E-state index in [9.17, 15) is 0 Å². The average molecular weight is 161 g/mol. The Kier molecular flexibility index (Phi) is 4.70. The summed E-state index contributed by atoms with van der Waals surface area (Å²) < 4.78 is 0. The quantitative estimate of drug-likeness (QED) is 0.483. The minimum Gasteiger partial charge on any atom is -0.308 e. The van der Waals surface area contributed by atoms with Gasteiger partial charge in [0.05, 0.1) is 0 Å². The molecular formula is C11H15N. The van der Waals surface area contributed by atoms with Crippen molar-refractivity contribution in [2.45, 2.75) is 13.8 Å². The van der Waals surface area contributed by atoms with Crippen molar-refractivity contribution in [2.24, 2.45) is 0 Å².